The maximum absolute atomic E-state index is 12.4. The van der Waals surface area contributed by atoms with Gasteiger partial charge in [0.05, 0.1) is 12.1 Å². The van der Waals surface area contributed by atoms with Gasteiger partial charge >= 0.3 is 5.97 Å². The summed E-state index contributed by atoms with van der Waals surface area (Å²) >= 11 is 0. The molecule has 0 aliphatic heterocycles. The summed E-state index contributed by atoms with van der Waals surface area (Å²) in [6.07, 6.45) is 0.534. The average Bonchev–Trinajstić information content (AvgIpc) is 2.78. The number of rotatable bonds is 11. The fraction of sp³-hybridized carbons (Fsp3) is 0.304. The molecule has 0 bridgehead atoms. The molecule has 0 saturated heterocycles. The van der Waals surface area contributed by atoms with Crippen molar-refractivity contribution in [3.05, 3.63) is 64.5 Å². The van der Waals surface area contributed by atoms with Gasteiger partial charge in [-0.05, 0) is 41.8 Å². The lowest BCUT2D eigenvalue weighted by atomic mass is 10.1. The molecule has 3 rings (SSSR count). The van der Waals surface area contributed by atoms with Crippen LogP contribution in [0.25, 0.3) is 0 Å². The summed E-state index contributed by atoms with van der Waals surface area (Å²) in [6, 6.07) is 13.1. The van der Waals surface area contributed by atoms with Crippen molar-refractivity contribution in [1.29, 1.82) is 5.53 Å². The summed E-state index contributed by atoms with van der Waals surface area (Å²) in [5.41, 5.74) is 18.5. The van der Waals surface area contributed by atoms with Crippen molar-refractivity contribution >= 4 is 29.4 Å². The minimum absolute atomic E-state index is 0.0787. The number of aliphatic carboxylic acids is 1. The summed E-state index contributed by atoms with van der Waals surface area (Å²) < 4.78 is 0. The van der Waals surface area contributed by atoms with Crippen LogP contribution in [0.3, 0.4) is 0 Å². The zero-order chi connectivity index (χ0) is 25.1. The average molecular weight is 468 g/mol. The van der Waals surface area contributed by atoms with Gasteiger partial charge in [-0.3, -0.25) is 19.4 Å². The van der Waals surface area contributed by atoms with Crippen molar-refractivity contribution in [1.82, 2.24) is 10.6 Å². The number of nitrogens with zero attached hydrogens (tertiary/aromatic N) is 2. The van der Waals surface area contributed by atoms with Crippen LogP contribution in [-0.4, -0.2) is 47.5 Å². The molecule has 0 heterocycles. The molecule has 8 N–H and O–H groups in total. The monoisotopic (exact) mass is 467 g/mol. The van der Waals surface area contributed by atoms with E-state index in [4.69, 9.17) is 22.1 Å². The fourth-order valence-electron chi connectivity index (χ4n) is 3.00. The standard InChI is InChI=1S/C17H25N7O4.C6H4/c1-10(16(27)28)22-15(26)13(7-4-8-21-17(18)19)23-14(25)9-11-5-2-3-6-12(11)24-20;1-2-6-4-3-5(1)6/h2-3,5-6,10,13,20H,4,7-9H2,1H3,(H,22,26)(H,23,25)(H,27,28)(H4,18,19,21);1-4H. The first-order chi connectivity index (χ1) is 16.2. The number of nitrogens with two attached hydrogens (primary N) is 2. The molecule has 2 unspecified atom stereocenters. The van der Waals surface area contributed by atoms with E-state index < -0.39 is 29.9 Å². The minimum Gasteiger partial charge on any atom is -0.480 e. The number of carbonyl (C=O) groups is 3. The van der Waals surface area contributed by atoms with Gasteiger partial charge in [0.1, 0.15) is 12.1 Å². The Hall–Kier alpha value is -4.28. The SMILES string of the molecule is CC(NC(=O)C(CCCN=C(N)N)NC(=O)Cc1ccccc1N=N)C(=O)O.c1cc2ccc1=2. The molecule has 11 heteroatoms. The van der Waals surface area contributed by atoms with Crippen LogP contribution in [0.2, 0.25) is 0 Å². The number of para-hydroxylation sites is 1. The van der Waals surface area contributed by atoms with Crippen LogP contribution in [0.4, 0.5) is 5.69 Å². The number of hydrogen-bond donors (Lipinski definition) is 6. The number of amides is 2. The molecule has 2 amide bonds. The van der Waals surface area contributed by atoms with Crippen LogP contribution in [0.5, 0.6) is 0 Å². The lowest BCUT2D eigenvalue weighted by Gasteiger charge is -2.20. The van der Waals surface area contributed by atoms with Gasteiger partial charge in [0, 0.05) is 6.54 Å². The van der Waals surface area contributed by atoms with E-state index in [-0.39, 0.29) is 25.3 Å². The molecule has 0 saturated carbocycles. The summed E-state index contributed by atoms with van der Waals surface area (Å²) in [7, 11) is 0. The quantitative estimate of drug-likeness (QED) is 0.106. The second-order valence-electron chi connectivity index (χ2n) is 7.63. The van der Waals surface area contributed by atoms with Crippen molar-refractivity contribution in [2.75, 3.05) is 6.54 Å². The van der Waals surface area contributed by atoms with E-state index in [0.717, 1.165) is 0 Å². The van der Waals surface area contributed by atoms with E-state index >= 15 is 0 Å². The highest BCUT2D eigenvalue weighted by atomic mass is 16.4. The molecule has 11 nitrogen and oxygen atoms in total. The number of aliphatic imine (C=N–C) groups is 1. The maximum Gasteiger partial charge on any atom is 0.325 e. The molecular weight excluding hydrogens is 438 g/mol. The molecule has 0 radical (unpaired) electrons. The highest BCUT2D eigenvalue weighted by molar-refractivity contribution is 5.91. The first kappa shape index (κ1) is 26.0. The number of hydrogen-bond acceptors (Lipinski definition) is 6. The highest BCUT2D eigenvalue weighted by Gasteiger charge is 2.24. The summed E-state index contributed by atoms with van der Waals surface area (Å²) in [4.78, 5) is 39.5. The Kier molecular flexibility index (Phi) is 9.69. The molecule has 34 heavy (non-hydrogen) atoms. The number of guanidine groups is 1. The Morgan fingerprint density at radius 2 is 1.65 bits per heavy atom. The smallest absolute Gasteiger partial charge is 0.325 e. The van der Waals surface area contributed by atoms with Crippen LogP contribution in [-0.2, 0) is 20.8 Å². The number of carboxylic acid groups (broad SMARTS) is 1. The van der Waals surface area contributed by atoms with Gasteiger partial charge in [0.2, 0.25) is 11.8 Å². The Balaban J connectivity index is 0.000000574. The van der Waals surface area contributed by atoms with E-state index in [0.29, 0.717) is 17.7 Å². The molecule has 2 atom stereocenters. The van der Waals surface area contributed by atoms with E-state index in [1.165, 1.54) is 17.4 Å². The number of nitrogens with one attached hydrogen (secondary N) is 3. The fourth-order valence-corrected chi connectivity index (χ4v) is 3.00. The summed E-state index contributed by atoms with van der Waals surface area (Å²) in [5, 5.41) is 20.1. The molecule has 1 aromatic carbocycles. The van der Waals surface area contributed by atoms with Crippen molar-refractivity contribution in [3.8, 4) is 0 Å². The normalized spacial score (nSPS) is 12.1. The zero-order valence-electron chi connectivity index (χ0n) is 18.8. The van der Waals surface area contributed by atoms with Gasteiger partial charge < -0.3 is 27.2 Å². The van der Waals surface area contributed by atoms with Crippen LogP contribution < -0.4 is 22.1 Å². The van der Waals surface area contributed by atoms with Crippen molar-refractivity contribution in [2.24, 2.45) is 21.6 Å². The molecule has 0 aromatic heterocycles. The zero-order valence-corrected chi connectivity index (χ0v) is 18.8. The first-order valence-electron chi connectivity index (χ1n) is 10.6. The highest BCUT2D eigenvalue weighted by Crippen LogP contribution is 2.18. The topological polar surface area (TPSA) is 196 Å². The van der Waals surface area contributed by atoms with Crippen LogP contribution in [0.15, 0.2) is 58.6 Å². The third-order valence-corrected chi connectivity index (χ3v) is 5.01. The van der Waals surface area contributed by atoms with Gasteiger partial charge in [-0.1, -0.05) is 42.5 Å². The molecule has 2 aliphatic carbocycles. The Labute approximate surface area is 196 Å². The molecule has 0 fully saturated rings. The predicted molar refractivity (Wildman–Crippen MR) is 126 cm³/mol. The lowest BCUT2D eigenvalue weighted by Crippen LogP contribution is -2.51. The third-order valence-electron chi connectivity index (χ3n) is 5.01. The van der Waals surface area contributed by atoms with E-state index in [1.807, 2.05) is 0 Å². The number of carbonyl (C=O) groups excluding carboxylic acids is 2. The van der Waals surface area contributed by atoms with Gasteiger partial charge in [-0.25, -0.2) is 5.53 Å². The van der Waals surface area contributed by atoms with Gasteiger partial charge in [0.15, 0.2) is 5.96 Å². The van der Waals surface area contributed by atoms with Crippen LogP contribution in [0.1, 0.15) is 25.3 Å². The Morgan fingerprint density at radius 3 is 2.15 bits per heavy atom. The molecule has 2 aliphatic rings. The number of benzene rings is 2. The largest absolute Gasteiger partial charge is 0.480 e. The minimum atomic E-state index is -1.19. The molecule has 1 aromatic rings. The van der Waals surface area contributed by atoms with Gasteiger partial charge in [0.25, 0.3) is 0 Å². The summed E-state index contributed by atoms with van der Waals surface area (Å²) in [5.74, 6) is -2.35. The van der Waals surface area contributed by atoms with Crippen LogP contribution in [0, 0.1) is 16.0 Å². The first-order valence-corrected chi connectivity index (χ1v) is 10.6. The van der Waals surface area contributed by atoms with E-state index in [9.17, 15) is 14.4 Å². The van der Waals surface area contributed by atoms with Crippen molar-refractivity contribution in [2.45, 2.75) is 38.3 Å². The summed E-state index contributed by atoms with van der Waals surface area (Å²) in [6.45, 7) is 1.58. The molecule has 180 valence electrons. The van der Waals surface area contributed by atoms with Gasteiger partial charge in [-0.2, -0.15) is 5.11 Å². The maximum atomic E-state index is 12.4. The predicted octanol–water partition coefficient (Wildman–Crippen LogP) is 1.31. The van der Waals surface area contributed by atoms with Gasteiger partial charge in [-0.15, -0.1) is 0 Å². The lowest BCUT2D eigenvalue weighted by molar-refractivity contribution is -0.141. The van der Waals surface area contributed by atoms with Crippen molar-refractivity contribution in [3.63, 3.8) is 0 Å². The van der Waals surface area contributed by atoms with E-state index in [2.05, 4.69) is 45.0 Å². The second-order valence-corrected chi connectivity index (χ2v) is 7.63. The van der Waals surface area contributed by atoms with Crippen LogP contribution >= 0.6 is 0 Å². The Bertz CT molecular complexity index is 1110. The number of carboxylic acids is 1. The Morgan fingerprint density at radius 1 is 1.03 bits per heavy atom. The molecule has 0 spiro atoms. The third kappa shape index (κ3) is 8.01. The molecular formula is C23H29N7O4. The van der Waals surface area contributed by atoms with E-state index in [1.54, 1.807) is 24.3 Å². The van der Waals surface area contributed by atoms with Crippen molar-refractivity contribution < 1.29 is 19.5 Å². The second kappa shape index (κ2) is 12.7.